The van der Waals surface area contributed by atoms with Crippen molar-refractivity contribution in [1.82, 2.24) is 24.3 Å². The molecule has 1 amide bonds. The molecule has 0 spiro atoms. The standard InChI is InChI=1S/C25H30FN5O/c1-28-13-15-30(16-14-28)25(32)19-5-4-12-29(17-19)18-24-27-22-6-2-3-7-23(22)31(24)21-10-8-20(26)9-11-21/h2-3,6-11,19H,4-5,12-18H2,1H3/t19-/m1/s1. The molecule has 6 nitrogen and oxygen atoms in total. The quantitative estimate of drug-likeness (QED) is 0.632. The van der Waals surface area contributed by atoms with E-state index in [2.05, 4.69) is 21.4 Å². The number of carbonyl (C=O) groups is 1. The van der Waals surface area contributed by atoms with E-state index in [1.807, 2.05) is 29.2 Å². The second kappa shape index (κ2) is 9.00. The lowest BCUT2D eigenvalue weighted by Gasteiger charge is -2.38. The number of carbonyl (C=O) groups excluding carboxylic acids is 1. The average molecular weight is 436 g/mol. The molecule has 2 aromatic carbocycles. The predicted octanol–water partition coefficient (Wildman–Crippen LogP) is 3.15. The molecule has 2 fully saturated rings. The molecule has 2 aliphatic heterocycles. The Bertz CT molecular complexity index is 1090. The van der Waals surface area contributed by atoms with Crippen LogP contribution in [0.4, 0.5) is 4.39 Å². The number of halogens is 1. The minimum absolute atomic E-state index is 0.0517. The highest BCUT2D eigenvalue weighted by molar-refractivity contribution is 5.79. The lowest BCUT2D eigenvalue weighted by Crippen LogP contribution is -2.51. The van der Waals surface area contributed by atoms with E-state index in [9.17, 15) is 9.18 Å². The van der Waals surface area contributed by atoms with Gasteiger partial charge in [-0.05, 0) is 62.8 Å². The number of aromatic nitrogens is 2. The summed E-state index contributed by atoms with van der Waals surface area (Å²) in [5.41, 5.74) is 2.84. The monoisotopic (exact) mass is 435 g/mol. The number of benzene rings is 2. The lowest BCUT2D eigenvalue weighted by molar-refractivity contribution is -0.139. The number of para-hydroxylation sites is 2. The molecule has 3 heterocycles. The maximum atomic E-state index is 13.5. The number of imidazole rings is 1. The highest BCUT2D eigenvalue weighted by Crippen LogP contribution is 2.25. The highest BCUT2D eigenvalue weighted by atomic mass is 19.1. The van der Waals surface area contributed by atoms with Gasteiger partial charge in [-0.15, -0.1) is 0 Å². The second-order valence-corrected chi connectivity index (χ2v) is 9.03. The summed E-state index contributed by atoms with van der Waals surface area (Å²) in [6, 6.07) is 14.6. The molecule has 2 aliphatic rings. The van der Waals surface area contributed by atoms with Gasteiger partial charge in [0.1, 0.15) is 11.6 Å². The topological polar surface area (TPSA) is 44.6 Å². The van der Waals surface area contributed by atoms with Gasteiger partial charge in [-0.2, -0.15) is 0 Å². The highest BCUT2D eigenvalue weighted by Gasteiger charge is 2.31. The Hall–Kier alpha value is -2.77. The van der Waals surface area contributed by atoms with Gasteiger partial charge in [0, 0.05) is 38.4 Å². The maximum Gasteiger partial charge on any atom is 0.227 e. The number of hydrogen-bond donors (Lipinski definition) is 0. The molecule has 3 aromatic rings. The van der Waals surface area contributed by atoms with Crippen LogP contribution in [0, 0.1) is 11.7 Å². The van der Waals surface area contributed by atoms with Crippen LogP contribution in [0.15, 0.2) is 48.5 Å². The fraction of sp³-hybridized carbons (Fsp3) is 0.440. The van der Waals surface area contributed by atoms with Crippen LogP contribution in [-0.4, -0.2) is 76.5 Å². The Morgan fingerprint density at radius 2 is 1.78 bits per heavy atom. The first-order valence-corrected chi connectivity index (χ1v) is 11.5. The van der Waals surface area contributed by atoms with Gasteiger partial charge in [0.2, 0.25) is 5.91 Å². The van der Waals surface area contributed by atoms with Crippen molar-refractivity contribution < 1.29 is 9.18 Å². The van der Waals surface area contributed by atoms with Crippen molar-refractivity contribution >= 4 is 16.9 Å². The van der Waals surface area contributed by atoms with E-state index in [1.165, 1.54) is 12.1 Å². The molecule has 32 heavy (non-hydrogen) atoms. The Labute approximate surface area is 188 Å². The number of piperazine rings is 1. The van der Waals surface area contributed by atoms with Crippen molar-refractivity contribution in [2.45, 2.75) is 19.4 Å². The normalized spacial score (nSPS) is 20.7. The summed E-state index contributed by atoms with van der Waals surface area (Å²) in [7, 11) is 2.11. The predicted molar refractivity (Wildman–Crippen MR) is 123 cm³/mol. The van der Waals surface area contributed by atoms with Crippen LogP contribution in [0.25, 0.3) is 16.7 Å². The van der Waals surface area contributed by atoms with E-state index < -0.39 is 0 Å². The average Bonchev–Trinajstić information content (AvgIpc) is 3.17. The summed E-state index contributed by atoms with van der Waals surface area (Å²) >= 11 is 0. The molecule has 168 valence electrons. The summed E-state index contributed by atoms with van der Waals surface area (Å²) in [6.07, 6.45) is 1.97. The third-order valence-corrected chi connectivity index (χ3v) is 6.75. The van der Waals surface area contributed by atoms with E-state index in [0.29, 0.717) is 12.5 Å². The third kappa shape index (κ3) is 4.27. The van der Waals surface area contributed by atoms with Crippen molar-refractivity contribution in [2.75, 3.05) is 46.3 Å². The Morgan fingerprint density at radius 1 is 1.03 bits per heavy atom. The van der Waals surface area contributed by atoms with Gasteiger partial charge in [0.25, 0.3) is 0 Å². The van der Waals surface area contributed by atoms with Crippen LogP contribution in [0.2, 0.25) is 0 Å². The van der Waals surface area contributed by atoms with Crippen LogP contribution in [0.5, 0.6) is 0 Å². The van der Waals surface area contributed by atoms with E-state index >= 15 is 0 Å². The van der Waals surface area contributed by atoms with E-state index in [0.717, 1.165) is 74.7 Å². The number of nitrogens with zero attached hydrogens (tertiary/aromatic N) is 5. The molecule has 7 heteroatoms. The molecule has 5 rings (SSSR count). The molecule has 0 N–H and O–H groups in total. The zero-order valence-electron chi connectivity index (χ0n) is 18.6. The first kappa shape index (κ1) is 21.1. The molecular weight excluding hydrogens is 405 g/mol. The number of piperidine rings is 1. The van der Waals surface area contributed by atoms with Gasteiger partial charge in [-0.25, -0.2) is 9.37 Å². The SMILES string of the molecule is CN1CCN(C(=O)[C@@H]2CCCN(Cc3nc4ccccc4n3-c3ccc(F)cc3)C2)CC1. The number of fused-ring (bicyclic) bond motifs is 1. The summed E-state index contributed by atoms with van der Waals surface area (Å²) in [4.78, 5) is 24.7. The number of amides is 1. The zero-order valence-corrected chi connectivity index (χ0v) is 18.6. The maximum absolute atomic E-state index is 13.5. The van der Waals surface area contributed by atoms with E-state index in [1.54, 1.807) is 12.1 Å². The second-order valence-electron chi connectivity index (χ2n) is 9.03. The van der Waals surface area contributed by atoms with Gasteiger partial charge in [0.05, 0.1) is 23.5 Å². The van der Waals surface area contributed by atoms with Crippen LogP contribution < -0.4 is 0 Å². The van der Waals surface area contributed by atoms with Crippen molar-refractivity contribution in [3.63, 3.8) is 0 Å². The van der Waals surface area contributed by atoms with Crippen LogP contribution in [-0.2, 0) is 11.3 Å². The third-order valence-electron chi connectivity index (χ3n) is 6.75. The first-order valence-electron chi connectivity index (χ1n) is 11.5. The molecule has 0 radical (unpaired) electrons. The minimum Gasteiger partial charge on any atom is -0.340 e. The molecule has 0 unspecified atom stereocenters. The summed E-state index contributed by atoms with van der Waals surface area (Å²) in [5.74, 6) is 1.03. The minimum atomic E-state index is -0.249. The van der Waals surface area contributed by atoms with Gasteiger partial charge in [0.15, 0.2) is 0 Å². The largest absolute Gasteiger partial charge is 0.340 e. The molecule has 1 aromatic heterocycles. The summed E-state index contributed by atoms with van der Waals surface area (Å²) in [6.45, 7) is 5.93. The smallest absolute Gasteiger partial charge is 0.227 e. The van der Waals surface area contributed by atoms with Gasteiger partial charge in [-0.3, -0.25) is 14.3 Å². The zero-order chi connectivity index (χ0) is 22.1. The van der Waals surface area contributed by atoms with Crippen molar-refractivity contribution in [3.8, 4) is 5.69 Å². The van der Waals surface area contributed by atoms with E-state index in [4.69, 9.17) is 4.98 Å². The number of likely N-dealkylation sites (tertiary alicyclic amines) is 1. The summed E-state index contributed by atoms with van der Waals surface area (Å²) in [5, 5.41) is 0. The van der Waals surface area contributed by atoms with Crippen LogP contribution in [0.1, 0.15) is 18.7 Å². The van der Waals surface area contributed by atoms with Crippen LogP contribution >= 0.6 is 0 Å². The molecule has 1 atom stereocenters. The fourth-order valence-electron chi connectivity index (χ4n) is 4.95. The molecule has 0 saturated carbocycles. The fourth-order valence-corrected chi connectivity index (χ4v) is 4.95. The van der Waals surface area contributed by atoms with Crippen molar-refractivity contribution in [1.29, 1.82) is 0 Å². The molecular formula is C25H30FN5O. The van der Waals surface area contributed by atoms with Crippen molar-refractivity contribution in [2.24, 2.45) is 5.92 Å². The number of likely N-dealkylation sites (N-methyl/N-ethyl adjacent to an activating group) is 1. The van der Waals surface area contributed by atoms with E-state index in [-0.39, 0.29) is 11.7 Å². The lowest BCUT2D eigenvalue weighted by atomic mass is 9.96. The first-order chi connectivity index (χ1) is 15.6. The molecule has 0 aliphatic carbocycles. The van der Waals surface area contributed by atoms with Gasteiger partial charge in [-0.1, -0.05) is 12.1 Å². The van der Waals surface area contributed by atoms with Crippen molar-refractivity contribution in [3.05, 3.63) is 60.2 Å². The Balaban J connectivity index is 1.37. The molecule has 0 bridgehead atoms. The van der Waals surface area contributed by atoms with Gasteiger partial charge < -0.3 is 9.80 Å². The molecule has 2 saturated heterocycles. The summed E-state index contributed by atoms with van der Waals surface area (Å²) < 4.78 is 15.6. The van der Waals surface area contributed by atoms with Crippen LogP contribution in [0.3, 0.4) is 0 Å². The Kier molecular flexibility index (Phi) is 5.93. The van der Waals surface area contributed by atoms with Gasteiger partial charge >= 0.3 is 0 Å². The number of rotatable bonds is 4. The Morgan fingerprint density at radius 3 is 2.56 bits per heavy atom. The number of hydrogen-bond acceptors (Lipinski definition) is 4.